The number of rotatable bonds is 7. The van der Waals surface area contributed by atoms with Gasteiger partial charge in [0.1, 0.15) is 5.82 Å². The zero-order chi connectivity index (χ0) is 13.6. The zero-order valence-corrected chi connectivity index (χ0v) is 14.4. The third-order valence-electron chi connectivity index (χ3n) is 2.58. The molecule has 0 spiro atoms. The molecule has 1 nitrogen and oxygen atoms in total. The molecule has 0 aliphatic carbocycles. The molecule has 0 N–H and O–H groups in total. The first-order chi connectivity index (χ1) is 8.45. The summed E-state index contributed by atoms with van der Waals surface area (Å²) in [7, 11) is 0. The van der Waals surface area contributed by atoms with E-state index in [0.717, 1.165) is 31.4 Å². The van der Waals surface area contributed by atoms with Gasteiger partial charge in [0.05, 0.1) is 12.4 Å². The second kappa shape index (κ2) is 9.39. The van der Waals surface area contributed by atoms with Crippen LogP contribution in [0.15, 0.2) is 18.2 Å². The average Bonchev–Trinajstić information content (AvgIpc) is 2.29. The largest absolute Gasteiger partial charge is 1.00 e. The molecule has 0 aromatic heterocycles. The van der Waals surface area contributed by atoms with Crippen LogP contribution in [0.3, 0.4) is 0 Å². The van der Waals surface area contributed by atoms with Crippen LogP contribution in [0.5, 0.6) is 5.75 Å². The van der Waals surface area contributed by atoms with E-state index in [-0.39, 0.29) is 63.7 Å². The summed E-state index contributed by atoms with van der Waals surface area (Å²) in [6, 6.07) is 2.51. The Morgan fingerprint density at radius 3 is 2.37 bits per heavy atom. The predicted octanol–water partition coefficient (Wildman–Crippen LogP) is 0.843. The quantitative estimate of drug-likeness (QED) is 0.412. The maximum Gasteiger partial charge on any atom is 1.00 e. The molecule has 0 heterocycles. The molecule has 0 bridgehead atoms. The van der Waals surface area contributed by atoms with Gasteiger partial charge in [0.25, 0.3) is 0 Å². The van der Waals surface area contributed by atoms with Gasteiger partial charge in [-0.1, -0.05) is 31.6 Å². The van der Waals surface area contributed by atoms with Crippen molar-refractivity contribution in [3.8, 4) is 5.75 Å². The van der Waals surface area contributed by atoms with E-state index in [1.807, 2.05) is 6.92 Å². The standard InChI is InChI=1S/C12H16BF4O.K/c1-2-3-4-5-8-18-12-7-6-10(14)9-11(12)13(15,16)17;/h6-7,9H,2-5,8H2,1H3;/q-1;+1. The number of hydrogen-bond acceptors (Lipinski definition) is 1. The van der Waals surface area contributed by atoms with Gasteiger partial charge in [-0.25, -0.2) is 4.39 Å². The van der Waals surface area contributed by atoms with Gasteiger partial charge in [0, 0.05) is 0 Å². The average molecular weight is 302 g/mol. The van der Waals surface area contributed by atoms with Gasteiger partial charge in [-0.05, 0) is 24.6 Å². The Bertz CT molecular complexity index is 384. The van der Waals surface area contributed by atoms with E-state index < -0.39 is 18.3 Å². The van der Waals surface area contributed by atoms with Crippen LogP contribution in [-0.4, -0.2) is 13.6 Å². The minimum absolute atomic E-state index is 0. The molecule has 0 saturated carbocycles. The van der Waals surface area contributed by atoms with Crippen LogP contribution in [-0.2, 0) is 0 Å². The van der Waals surface area contributed by atoms with E-state index in [9.17, 15) is 17.3 Å². The molecule has 0 amide bonds. The number of benzene rings is 1. The minimum atomic E-state index is -5.25. The van der Waals surface area contributed by atoms with Crippen LogP contribution in [0.4, 0.5) is 17.3 Å². The molecule has 0 aliphatic heterocycles. The molecular formula is C12H16BF4KO. The third-order valence-corrected chi connectivity index (χ3v) is 2.58. The molecule has 1 rings (SSSR count). The van der Waals surface area contributed by atoms with Crippen molar-refractivity contribution in [2.24, 2.45) is 0 Å². The maximum atomic E-state index is 12.8. The molecule has 0 radical (unpaired) electrons. The van der Waals surface area contributed by atoms with Gasteiger partial charge in [-0.3, -0.25) is 0 Å². The molecule has 1 aromatic carbocycles. The minimum Gasteiger partial charge on any atom is -0.497 e. The fourth-order valence-electron chi connectivity index (χ4n) is 1.62. The summed E-state index contributed by atoms with van der Waals surface area (Å²) in [5.41, 5.74) is -0.995. The van der Waals surface area contributed by atoms with Crippen LogP contribution in [0.25, 0.3) is 0 Å². The Kier molecular flexibility index (Phi) is 9.61. The molecule has 0 fully saturated rings. The van der Waals surface area contributed by atoms with Crippen LogP contribution in [0.2, 0.25) is 0 Å². The summed E-state index contributed by atoms with van der Waals surface area (Å²) in [6.07, 6.45) is 3.70. The number of unbranched alkanes of at least 4 members (excludes halogenated alkanes) is 3. The van der Waals surface area contributed by atoms with Gasteiger partial charge < -0.3 is 17.7 Å². The molecule has 1 aromatic rings. The van der Waals surface area contributed by atoms with E-state index in [0.29, 0.717) is 12.5 Å². The van der Waals surface area contributed by atoms with Crippen molar-refractivity contribution in [2.75, 3.05) is 6.61 Å². The summed E-state index contributed by atoms with van der Waals surface area (Å²) in [5.74, 6) is -1.18. The van der Waals surface area contributed by atoms with Crippen LogP contribution >= 0.6 is 0 Å². The monoisotopic (exact) mass is 302 g/mol. The van der Waals surface area contributed by atoms with Crippen molar-refractivity contribution in [1.29, 1.82) is 0 Å². The van der Waals surface area contributed by atoms with Crippen molar-refractivity contribution in [3.05, 3.63) is 24.0 Å². The van der Waals surface area contributed by atoms with Gasteiger partial charge >= 0.3 is 58.4 Å². The number of hydrogen-bond donors (Lipinski definition) is 0. The Morgan fingerprint density at radius 2 is 1.79 bits per heavy atom. The van der Waals surface area contributed by atoms with Gasteiger partial charge in [-0.2, -0.15) is 0 Å². The summed E-state index contributed by atoms with van der Waals surface area (Å²) in [6.45, 7) is -2.98. The summed E-state index contributed by atoms with van der Waals surface area (Å²) in [4.78, 5) is 0. The van der Waals surface area contributed by atoms with Gasteiger partial charge in [0.15, 0.2) is 0 Å². The molecular weight excluding hydrogens is 286 g/mol. The van der Waals surface area contributed by atoms with Crippen molar-refractivity contribution >= 4 is 12.4 Å². The first-order valence-electron chi connectivity index (χ1n) is 6.07. The van der Waals surface area contributed by atoms with Crippen molar-refractivity contribution in [3.63, 3.8) is 0 Å². The smallest absolute Gasteiger partial charge is 0.497 e. The van der Waals surface area contributed by atoms with Crippen LogP contribution in [0.1, 0.15) is 32.6 Å². The van der Waals surface area contributed by atoms with Crippen LogP contribution < -0.4 is 61.6 Å². The summed E-state index contributed by atoms with van der Waals surface area (Å²) < 4.78 is 55.9. The second-order valence-corrected chi connectivity index (χ2v) is 4.17. The van der Waals surface area contributed by atoms with E-state index in [1.54, 1.807) is 0 Å². The van der Waals surface area contributed by atoms with E-state index in [2.05, 4.69) is 0 Å². The topological polar surface area (TPSA) is 9.23 Å². The van der Waals surface area contributed by atoms with Crippen molar-refractivity contribution in [1.82, 2.24) is 0 Å². The molecule has 0 saturated heterocycles. The number of ether oxygens (including phenoxy) is 1. The van der Waals surface area contributed by atoms with Gasteiger partial charge in [0.2, 0.25) is 0 Å². The predicted molar refractivity (Wildman–Crippen MR) is 64.7 cm³/mol. The van der Waals surface area contributed by atoms with E-state index >= 15 is 0 Å². The molecule has 19 heavy (non-hydrogen) atoms. The Morgan fingerprint density at radius 1 is 1.11 bits per heavy atom. The normalized spacial score (nSPS) is 11.0. The first-order valence-corrected chi connectivity index (χ1v) is 6.07. The first kappa shape index (κ1) is 19.4. The van der Waals surface area contributed by atoms with Crippen LogP contribution in [0, 0.1) is 5.82 Å². The fraction of sp³-hybridized carbons (Fsp3) is 0.500. The Labute approximate surface area is 153 Å². The molecule has 7 heteroatoms. The van der Waals surface area contributed by atoms with Crippen molar-refractivity contribution < 1.29 is 73.5 Å². The SMILES string of the molecule is CCCCCCOc1ccc(F)cc1[B-](F)(F)F.[K+]. The molecule has 0 aliphatic rings. The molecule has 102 valence electrons. The van der Waals surface area contributed by atoms with E-state index in [1.165, 1.54) is 0 Å². The van der Waals surface area contributed by atoms with Crippen molar-refractivity contribution in [2.45, 2.75) is 32.6 Å². The molecule has 0 atom stereocenters. The van der Waals surface area contributed by atoms with E-state index in [4.69, 9.17) is 4.74 Å². The molecule has 0 unspecified atom stereocenters. The summed E-state index contributed by atoms with van der Waals surface area (Å²) in [5, 5.41) is 0. The Hall–Kier alpha value is 0.441. The number of halogens is 4. The fourth-order valence-corrected chi connectivity index (χ4v) is 1.62. The second-order valence-electron chi connectivity index (χ2n) is 4.17. The summed E-state index contributed by atoms with van der Waals surface area (Å²) >= 11 is 0. The maximum absolute atomic E-state index is 12.8. The Balaban J connectivity index is 0.00000324. The zero-order valence-electron chi connectivity index (χ0n) is 11.3. The third kappa shape index (κ3) is 7.13. The van der Waals surface area contributed by atoms with Gasteiger partial charge in [-0.15, -0.1) is 0 Å².